The van der Waals surface area contributed by atoms with Crippen molar-refractivity contribution in [3.05, 3.63) is 34.9 Å². The van der Waals surface area contributed by atoms with Crippen molar-refractivity contribution >= 4 is 41.5 Å². The molecule has 1 aromatic carbocycles. The number of hydrogen-bond acceptors (Lipinski definition) is 3. The van der Waals surface area contributed by atoms with Gasteiger partial charge in [0.15, 0.2) is 5.96 Å². The van der Waals surface area contributed by atoms with E-state index in [2.05, 4.69) is 34.6 Å². The number of hydrogen-bond donors (Lipinski definition) is 2. The fraction of sp³-hybridized carbons (Fsp3) is 0.682. The van der Waals surface area contributed by atoms with Crippen LogP contribution in [0.25, 0.3) is 0 Å². The van der Waals surface area contributed by atoms with Crippen molar-refractivity contribution in [1.29, 1.82) is 0 Å². The number of rotatable bonds is 6. The average Bonchev–Trinajstić information content (AvgIpc) is 3.32. The van der Waals surface area contributed by atoms with Crippen molar-refractivity contribution in [3.8, 4) is 0 Å². The van der Waals surface area contributed by atoms with Gasteiger partial charge in [-0.1, -0.05) is 29.8 Å². The lowest BCUT2D eigenvalue weighted by Gasteiger charge is -2.31. The van der Waals surface area contributed by atoms with Gasteiger partial charge < -0.3 is 15.4 Å². The summed E-state index contributed by atoms with van der Waals surface area (Å²) in [5.74, 6) is 1.62. The van der Waals surface area contributed by atoms with Gasteiger partial charge in [0, 0.05) is 24.7 Å². The first-order valence-electron chi connectivity index (χ1n) is 10.9. The van der Waals surface area contributed by atoms with Gasteiger partial charge in [-0.15, -0.1) is 24.0 Å². The van der Waals surface area contributed by atoms with Gasteiger partial charge in [-0.05, 0) is 69.7 Å². The van der Waals surface area contributed by atoms with E-state index in [-0.39, 0.29) is 24.0 Å². The Morgan fingerprint density at radius 1 is 1.21 bits per heavy atom. The average molecular weight is 533 g/mol. The lowest BCUT2D eigenvalue weighted by molar-refractivity contribution is 0.0992. The fourth-order valence-electron chi connectivity index (χ4n) is 4.70. The minimum absolute atomic E-state index is 0. The van der Waals surface area contributed by atoms with Crippen molar-refractivity contribution in [1.82, 2.24) is 15.5 Å². The number of likely N-dealkylation sites (tertiary alicyclic amines) is 1. The lowest BCUT2D eigenvalue weighted by Crippen LogP contribution is -2.47. The summed E-state index contributed by atoms with van der Waals surface area (Å²) in [6.07, 6.45) is 6.77. The second-order valence-electron chi connectivity index (χ2n) is 8.39. The van der Waals surface area contributed by atoms with Crippen LogP contribution in [0, 0.1) is 5.92 Å². The Morgan fingerprint density at radius 3 is 2.66 bits per heavy atom. The number of piperidine rings is 1. The summed E-state index contributed by atoms with van der Waals surface area (Å²) in [6, 6.07) is 8.60. The third-order valence-electron chi connectivity index (χ3n) is 6.34. The van der Waals surface area contributed by atoms with Crippen molar-refractivity contribution in [2.24, 2.45) is 10.9 Å². The fourth-order valence-corrected chi connectivity index (χ4v) is 4.90. The predicted octanol–water partition coefficient (Wildman–Crippen LogP) is 4.05. The molecule has 7 heteroatoms. The molecule has 2 bridgehead atoms. The SMILES string of the molecule is CCNC(=NCC1CCN(Cc2ccccc2Cl)CC1)NC1CC2CCC1O2.I. The second kappa shape index (κ2) is 11.2. The topological polar surface area (TPSA) is 48.9 Å². The summed E-state index contributed by atoms with van der Waals surface area (Å²) < 4.78 is 5.97. The van der Waals surface area contributed by atoms with Gasteiger partial charge in [-0.25, -0.2) is 0 Å². The molecule has 3 fully saturated rings. The van der Waals surface area contributed by atoms with Crippen LogP contribution in [0.3, 0.4) is 0 Å². The molecule has 0 amide bonds. The van der Waals surface area contributed by atoms with E-state index in [4.69, 9.17) is 21.3 Å². The van der Waals surface area contributed by atoms with E-state index in [1.165, 1.54) is 31.2 Å². The Labute approximate surface area is 197 Å². The number of nitrogens with zero attached hydrogens (tertiary/aromatic N) is 2. The lowest BCUT2D eigenvalue weighted by atomic mass is 9.95. The van der Waals surface area contributed by atoms with Crippen LogP contribution in [-0.2, 0) is 11.3 Å². The molecule has 3 aliphatic rings. The highest BCUT2D eigenvalue weighted by Gasteiger charge is 2.41. The van der Waals surface area contributed by atoms with Gasteiger partial charge in [-0.3, -0.25) is 9.89 Å². The highest BCUT2D eigenvalue weighted by atomic mass is 127. The molecule has 0 spiro atoms. The normalized spacial score (nSPS) is 27.7. The number of halogens is 2. The van der Waals surface area contributed by atoms with E-state index >= 15 is 0 Å². The Hall–Kier alpha value is -0.570. The third-order valence-corrected chi connectivity index (χ3v) is 6.71. The molecular formula is C22H34ClIN4O. The molecule has 0 aliphatic carbocycles. The van der Waals surface area contributed by atoms with E-state index < -0.39 is 0 Å². The van der Waals surface area contributed by atoms with Crippen molar-refractivity contribution in [2.45, 2.75) is 63.8 Å². The number of benzene rings is 1. The van der Waals surface area contributed by atoms with E-state index in [1.807, 2.05) is 12.1 Å². The Morgan fingerprint density at radius 2 is 2.00 bits per heavy atom. The van der Waals surface area contributed by atoms with Crippen molar-refractivity contribution < 1.29 is 4.74 Å². The van der Waals surface area contributed by atoms with Gasteiger partial charge >= 0.3 is 0 Å². The second-order valence-corrected chi connectivity index (χ2v) is 8.80. The summed E-state index contributed by atoms with van der Waals surface area (Å²) in [5, 5.41) is 7.91. The van der Waals surface area contributed by atoms with Gasteiger partial charge in [0.2, 0.25) is 0 Å². The maximum Gasteiger partial charge on any atom is 0.191 e. The summed E-state index contributed by atoms with van der Waals surface area (Å²) in [4.78, 5) is 7.42. The number of aliphatic imine (C=N–C) groups is 1. The summed E-state index contributed by atoms with van der Waals surface area (Å²) in [5.41, 5.74) is 1.23. The van der Waals surface area contributed by atoms with Crippen LogP contribution >= 0.6 is 35.6 Å². The summed E-state index contributed by atoms with van der Waals surface area (Å²) in [7, 11) is 0. The highest BCUT2D eigenvalue weighted by molar-refractivity contribution is 14.0. The van der Waals surface area contributed by atoms with E-state index in [9.17, 15) is 0 Å². The molecule has 0 aromatic heterocycles. The molecule has 3 unspecified atom stereocenters. The zero-order chi connectivity index (χ0) is 19.3. The zero-order valence-corrected chi connectivity index (χ0v) is 20.4. The third kappa shape index (κ3) is 6.21. The van der Waals surface area contributed by atoms with E-state index in [1.54, 1.807) is 0 Å². The summed E-state index contributed by atoms with van der Waals surface area (Å²) >= 11 is 6.31. The molecule has 4 rings (SSSR count). The first-order chi connectivity index (χ1) is 13.7. The smallest absolute Gasteiger partial charge is 0.191 e. The maximum absolute atomic E-state index is 6.31. The monoisotopic (exact) mass is 532 g/mol. The standard InChI is InChI=1S/C22H33ClN4O.HI/c1-2-24-22(26-20-13-18-7-8-21(20)28-18)25-14-16-9-11-27(12-10-16)15-17-5-3-4-6-19(17)23;/h3-6,16,18,20-21H,2,7-15H2,1H3,(H2,24,25,26);1H. The van der Waals surface area contributed by atoms with Gasteiger partial charge in [-0.2, -0.15) is 0 Å². The van der Waals surface area contributed by atoms with Crippen LogP contribution in [0.4, 0.5) is 0 Å². The predicted molar refractivity (Wildman–Crippen MR) is 130 cm³/mol. The zero-order valence-electron chi connectivity index (χ0n) is 17.3. The van der Waals surface area contributed by atoms with E-state index in [0.29, 0.717) is 24.2 Å². The Kier molecular flexibility index (Phi) is 8.89. The molecule has 3 heterocycles. The molecule has 5 nitrogen and oxygen atoms in total. The maximum atomic E-state index is 6.31. The minimum Gasteiger partial charge on any atom is -0.373 e. The highest BCUT2D eigenvalue weighted by Crippen LogP contribution is 2.34. The molecule has 1 aromatic rings. The molecule has 29 heavy (non-hydrogen) atoms. The van der Waals surface area contributed by atoms with E-state index in [0.717, 1.165) is 50.1 Å². The number of guanidine groups is 1. The Bertz CT molecular complexity index is 681. The van der Waals surface area contributed by atoms with Crippen LogP contribution in [0.2, 0.25) is 5.02 Å². The first-order valence-corrected chi connectivity index (χ1v) is 11.2. The largest absolute Gasteiger partial charge is 0.373 e. The quantitative estimate of drug-likeness (QED) is 0.330. The molecule has 3 atom stereocenters. The van der Waals surface area contributed by atoms with Gasteiger partial charge in [0.25, 0.3) is 0 Å². The van der Waals surface area contributed by atoms with Gasteiger partial charge in [0.1, 0.15) is 0 Å². The Balaban J connectivity index is 0.00000240. The molecule has 162 valence electrons. The van der Waals surface area contributed by atoms with Crippen LogP contribution in [-0.4, -0.2) is 55.3 Å². The molecule has 0 radical (unpaired) electrons. The molecule has 2 N–H and O–H groups in total. The molecule has 0 saturated carbocycles. The van der Waals surface area contributed by atoms with Crippen LogP contribution in [0.1, 0.15) is 44.6 Å². The van der Waals surface area contributed by atoms with Crippen LogP contribution < -0.4 is 10.6 Å². The summed E-state index contributed by atoms with van der Waals surface area (Å²) in [6.45, 7) is 7.11. The number of ether oxygens (including phenoxy) is 1. The molecular weight excluding hydrogens is 499 g/mol. The molecule has 3 saturated heterocycles. The van der Waals surface area contributed by atoms with Crippen LogP contribution in [0.15, 0.2) is 29.3 Å². The number of nitrogens with one attached hydrogen (secondary N) is 2. The van der Waals surface area contributed by atoms with Crippen molar-refractivity contribution in [2.75, 3.05) is 26.2 Å². The molecule has 3 aliphatic heterocycles. The first kappa shape index (κ1) is 23.1. The minimum atomic E-state index is 0. The number of fused-ring (bicyclic) bond motifs is 2. The van der Waals surface area contributed by atoms with Crippen LogP contribution in [0.5, 0.6) is 0 Å². The van der Waals surface area contributed by atoms with Crippen molar-refractivity contribution in [3.63, 3.8) is 0 Å². The van der Waals surface area contributed by atoms with Gasteiger partial charge in [0.05, 0.1) is 18.2 Å².